The lowest BCUT2D eigenvalue weighted by Gasteiger charge is -2.38. The minimum atomic E-state index is -0.597. The number of fused-ring (bicyclic) bond motifs is 1. The van der Waals surface area contributed by atoms with Gasteiger partial charge in [0.05, 0.1) is 0 Å². The number of hydrogen-bond acceptors (Lipinski definition) is 5. The van der Waals surface area contributed by atoms with Gasteiger partial charge in [-0.3, -0.25) is 4.90 Å². The van der Waals surface area contributed by atoms with Crippen LogP contribution >= 0.6 is 0 Å². The van der Waals surface area contributed by atoms with Gasteiger partial charge < -0.3 is 18.9 Å². The molecule has 3 aromatic rings. The van der Waals surface area contributed by atoms with E-state index in [0.717, 1.165) is 22.3 Å². The van der Waals surface area contributed by atoms with Crippen molar-refractivity contribution in [2.24, 2.45) is 0 Å². The molecular weight excluding hydrogens is 502 g/mol. The second-order valence-electron chi connectivity index (χ2n) is 11.8. The third-order valence-electron chi connectivity index (χ3n) is 6.68. The smallest absolute Gasteiger partial charge is 0.412 e. The first-order chi connectivity index (χ1) is 18.9. The Kier molecular flexibility index (Phi) is 9.09. The standard InChI is InChI=1S/C34H43NO5/c1-9-37-32-29-19-31(39-21-27-16-24(4)13-25(5)17-27)30(38-20-26-14-22(2)12-23(3)15-26)18-28(29)10-11-35(32)33(36)40-34(6,7)8/h12-19,32H,9-11,20-21H2,1-8H3. The van der Waals surface area contributed by atoms with Crippen LogP contribution in [-0.2, 0) is 29.1 Å². The number of aryl methyl sites for hydroxylation is 4. The highest BCUT2D eigenvalue weighted by atomic mass is 16.6. The average Bonchev–Trinajstić information content (AvgIpc) is 2.84. The Labute approximate surface area is 239 Å². The molecule has 1 heterocycles. The molecule has 6 heteroatoms. The van der Waals surface area contributed by atoms with Crippen molar-refractivity contribution in [3.63, 3.8) is 0 Å². The van der Waals surface area contributed by atoms with Crippen LogP contribution in [0.2, 0.25) is 0 Å². The number of nitrogens with zero attached hydrogens (tertiary/aromatic N) is 1. The number of hydrogen-bond donors (Lipinski definition) is 0. The van der Waals surface area contributed by atoms with Crippen molar-refractivity contribution in [1.29, 1.82) is 0 Å². The highest BCUT2D eigenvalue weighted by Gasteiger charge is 2.35. The van der Waals surface area contributed by atoms with Crippen LogP contribution in [0.1, 0.15) is 78.4 Å². The molecule has 1 aliphatic rings. The number of amides is 1. The van der Waals surface area contributed by atoms with E-state index in [1.807, 2.05) is 39.8 Å². The number of carbonyl (C=O) groups excluding carboxylic acids is 1. The first kappa shape index (κ1) is 29.5. The quantitative estimate of drug-likeness (QED) is 0.288. The monoisotopic (exact) mass is 545 g/mol. The summed E-state index contributed by atoms with van der Waals surface area (Å²) in [5.74, 6) is 1.31. The summed E-state index contributed by atoms with van der Waals surface area (Å²) >= 11 is 0. The maximum absolute atomic E-state index is 13.1. The average molecular weight is 546 g/mol. The van der Waals surface area contributed by atoms with Crippen molar-refractivity contribution in [1.82, 2.24) is 4.90 Å². The van der Waals surface area contributed by atoms with Crippen LogP contribution < -0.4 is 9.47 Å². The van der Waals surface area contributed by atoms with E-state index in [-0.39, 0.29) is 6.09 Å². The normalized spacial score (nSPS) is 15.0. The van der Waals surface area contributed by atoms with Gasteiger partial charge in [0.25, 0.3) is 0 Å². The first-order valence-corrected chi connectivity index (χ1v) is 14.1. The fraction of sp³-hybridized carbons (Fsp3) is 0.441. The van der Waals surface area contributed by atoms with Gasteiger partial charge in [-0.05, 0) is 90.6 Å². The van der Waals surface area contributed by atoms with Crippen molar-refractivity contribution in [3.8, 4) is 11.5 Å². The SMILES string of the molecule is CCOC1c2cc(OCc3cc(C)cc(C)c3)c(OCc3cc(C)cc(C)c3)cc2CCN1C(=O)OC(C)(C)C. The van der Waals surface area contributed by atoms with Crippen LogP contribution in [0.5, 0.6) is 11.5 Å². The van der Waals surface area contributed by atoms with Crippen LogP contribution in [0.4, 0.5) is 4.79 Å². The Morgan fingerprint density at radius 3 is 1.77 bits per heavy atom. The molecule has 4 rings (SSSR count). The molecule has 0 spiro atoms. The number of ether oxygens (including phenoxy) is 4. The molecular formula is C34H43NO5. The van der Waals surface area contributed by atoms with E-state index in [4.69, 9.17) is 18.9 Å². The van der Waals surface area contributed by atoms with Crippen molar-refractivity contribution in [2.75, 3.05) is 13.2 Å². The van der Waals surface area contributed by atoms with Gasteiger partial charge in [-0.15, -0.1) is 0 Å². The van der Waals surface area contributed by atoms with Crippen LogP contribution in [0.15, 0.2) is 48.5 Å². The summed E-state index contributed by atoms with van der Waals surface area (Å²) in [4.78, 5) is 14.8. The van der Waals surface area contributed by atoms with Crippen LogP contribution in [-0.4, -0.2) is 29.7 Å². The molecule has 3 aromatic carbocycles. The Morgan fingerprint density at radius 1 is 0.800 bits per heavy atom. The Morgan fingerprint density at radius 2 is 1.30 bits per heavy atom. The molecule has 0 bridgehead atoms. The van der Waals surface area contributed by atoms with E-state index in [0.29, 0.717) is 44.3 Å². The lowest BCUT2D eigenvalue weighted by atomic mass is 9.97. The zero-order valence-corrected chi connectivity index (χ0v) is 25.2. The van der Waals surface area contributed by atoms with Crippen LogP contribution in [0, 0.1) is 27.7 Å². The van der Waals surface area contributed by atoms with Crippen molar-refractivity contribution >= 4 is 6.09 Å². The maximum Gasteiger partial charge on any atom is 0.412 e. The Hall–Kier alpha value is -3.51. The number of carbonyl (C=O) groups is 1. The van der Waals surface area contributed by atoms with Gasteiger partial charge in [-0.1, -0.05) is 58.7 Å². The van der Waals surface area contributed by atoms with Crippen LogP contribution in [0.3, 0.4) is 0 Å². The van der Waals surface area contributed by atoms with Gasteiger partial charge >= 0.3 is 6.09 Å². The molecule has 1 aliphatic heterocycles. The van der Waals surface area contributed by atoms with Gasteiger partial charge in [0, 0.05) is 18.7 Å². The van der Waals surface area contributed by atoms with Crippen LogP contribution in [0.25, 0.3) is 0 Å². The predicted molar refractivity (Wildman–Crippen MR) is 158 cm³/mol. The summed E-state index contributed by atoms with van der Waals surface area (Å²) in [6, 6.07) is 16.9. The minimum absolute atomic E-state index is 0.385. The third-order valence-corrected chi connectivity index (χ3v) is 6.68. The van der Waals surface area contributed by atoms with Gasteiger partial charge in [0.1, 0.15) is 18.8 Å². The van der Waals surface area contributed by atoms with E-state index in [1.54, 1.807) is 4.90 Å². The Bertz CT molecular complexity index is 1320. The highest BCUT2D eigenvalue weighted by molar-refractivity contribution is 5.69. The summed E-state index contributed by atoms with van der Waals surface area (Å²) < 4.78 is 24.7. The summed E-state index contributed by atoms with van der Waals surface area (Å²) in [5.41, 5.74) is 8.38. The topological polar surface area (TPSA) is 57.2 Å². The molecule has 40 heavy (non-hydrogen) atoms. The van der Waals surface area contributed by atoms with Gasteiger partial charge in [0.2, 0.25) is 0 Å². The van der Waals surface area contributed by atoms with E-state index in [1.165, 1.54) is 22.3 Å². The molecule has 1 amide bonds. The summed E-state index contributed by atoms with van der Waals surface area (Å²) in [6.07, 6.45) is -0.292. The molecule has 0 N–H and O–H groups in total. The molecule has 1 unspecified atom stereocenters. The second kappa shape index (κ2) is 12.3. The second-order valence-corrected chi connectivity index (χ2v) is 11.8. The molecule has 214 valence electrons. The van der Waals surface area contributed by atoms with Gasteiger partial charge in [0.15, 0.2) is 17.7 Å². The highest BCUT2D eigenvalue weighted by Crippen LogP contribution is 2.40. The van der Waals surface area contributed by atoms with E-state index in [9.17, 15) is 4.79 Å². The summed E-state index contributed by atoms with van der Waals surface area (Å²) in [6.45, 7) is 17.7. The molecule has 0 saturated carbocycles. The fourth-order valence-electron chi connectivity index (χ4n) is 5.29. The zero-order valence-electron chi connectivity index (χ0n) is 25.2. The van der Waals surface area contributed by atoms with Crippen molar-refractivity contribution in [2.45, 2.75) is 86.9 Å². The molecule has 0 aliphatic carbocycles. The molecule has 0 fully saturated rings. The largest absolute Gasteiger partial charge is 0.485 e. The Balaban J connectivity index is 1.68. The lowest BCUT2D eigenvalue weighted by molar-refractivity contribution is -0.0711. The number of benzene rings is 3. The first-order valence-electron chi connectivity index (χ1n) is 14.1. The molecule has 0 aromatic heterocycles. The predicted octanol–water partition coefficient (Wildman–Crippen LogP) is 7.91. The third kappa shape index (κ3) is 7.57. The molecule has 0 saturated heterocycles. The summed E-state index contributed by atoms with van der Waals surface area (Å²) in [5, 5.41) is 0. The molecule has 0 radical (unpaired) electrons. The molecule has 6 nitrogen and oxygen atoms in total. The number of rotatable bonds is 8. The van der Waals surface area contributed by atoms with Crippen molar-refractivity contribution in [3.05, 3.63) is 93.0 Å². The van der Waals surface area contributed by atoms with Gasteiger partial charge in [-0.2, -0.15) is 0 Å². The lowest BCUT2D eigenvalue weighted by Crippen LogP contribution is -2.44. The summed E-state index contributed by atoms with van der Waals surface area (Å²) in [7, 11) is 0. The van der Waals surface area contributed by atoms with E-state index >= 15 is 0 Å². The van der Waals surface area contributed by atoms with E-state index in [2.05, 4.69) is 64.1 Å². The van der Waals surface area contributed by atoms with Gasteiger partial charge in [-0.25, -0.2) is 4.79 Å². The zero-order chi connectivity index (χ0) is 29.0. The molecule has 1 atom stereocenters. The maximum atomic E-state index is 13.1. The van der Waals surface area contributed by atoms with Crippen molar-refractivity contribution < 1.29 is 23.7 Å². The fourth-order valence-corrected chi connectivity index (χ4v) is 5.29. The minimum Gasteiger partial charge on any atom is -0.485 e. The van der Waals surface area contributed by atoms with E-state index < -0.39 is 11.8 Å².